The summed E-state index contributed by atoms with van der Waals surface area (Å²) < 4.78 is 0. The van der Waals surface area contributed by atoms with E-state index in [1.165, 1.54) is 11.8 Å². The maximum Gasteiger partial charge on any atom is 0.296 e. The zero-order valence-corrected chi connectivity index (χ0v) is 9.90. The molecular weight excluding hydrogens is 250 g/mol. The van der Waals surface area contributed by atoms with Gasteiger partial charge in [0, 0.05) is 17.3 Å². The average Bonchev–Trinajstić information content (AvgIpc) is 2.66. The van der Waals surface area contributed by atoms with Crippen LogP contribution in [0.2, 0.25) is 0 Å². The van der Waals surface area contributed by atoms with Gasteiger partial charge in [-0.05, 0) is 18.2 Å². The second kappa shape index (κ2) is 4.23. The summed E-state index contributed by atoms with van der Waals surface area (Å²) >= 11 is 1.42. The molecule has 0 radical (unpaired) electrons. The number of rotatable bonds is 2. The lowest BCUT2D eigenvalue weighted by Crippen LogP contribution is -2.12. The minimum absolute atomic E-state index is 0.420. The largest absolute Gasteiger partial charge is 0.318 e. The first-order valence-corrected chi connectivity index (χ1v) is 5.99. The van der Waals surface area contributed by atoms with Gasteiger partial charge < -0.3 is 5.32 Å². The highest BCUT2D eigenvalue weighted by atomic mass is 32.2. The number of hydrogen-bond donors (Lipinski definition) is 1. The van der Waals surface area contributed by atoms with Gasteiger partial charge in [0.15, 0.2) is 0 Å². The van der Waals surface area contributed by atoms with Gasteiger partial charge in [0.2, 0.25) is 0 Å². The molecule has 0 aliphatic carbocycles. The maximum atomic E-state index is 11.4. The third-order valence-corrected chi connectivity index (χ3v) is 3.36. The molecule has 0 saturated heterocycles. The molecule has 18 heavy (non-hydrogen) atoms. The summed E-state index contributed by atoms with van der Waals surface area (Å²) in [7, 11) is 0. The molecule has 2 aromatic rings. The number of ketones is 1. The number of anilines is 1. The average molecular weight is 257 g/mol. The third kappa shape index (κ3) is 1.86. The van der Waals surface area contributed by atoms with E-state index in [0.29, 0.717) is 11.3 Å². The van der Waals surface area contributed by atoms with Crippen LogP contribution < -0.4 is 5.32 Å². The van der Waals surface area contributed by atoms with Gasteiger partial charge in [0.1, 0.15) is 5.03 Å². The van der Waals surface area contributed by atoms with E-state index >= 15 is 0 Å². The number of Topliss-reactive ketones (excluding diaryl/α,β-unsaturated/α-hetero) is 1. The molecule has 88 valence electrons. The Morgan fingerprint density at radius 1 is 1.17 bits per heavy atom. The Morgan fingerprint density at radius 2 is 2.06 bits per heavy atom. The van der Waals surface area contributed by atoms with E-state index < -0.39 is 11.7 Å². The first-order chi connectivity index (χ1) is 8.74. The number of nitrogens with one attached hydrogen (secondary N) is 1. The fourth-order valence-corrected chi connectivity index (χ4v) is 2.43. The monoisotopic (exact) mass is 257 g/mol. The minimum atomic E-state index is -0.577. The Morgan fingerprint density at radius 3 is 2.83 bits per heavy atom. The van der Waals surface area contributed by atoms with Gasteiger partial charge >= 0.3 is 0 Å². The van der Waals surface area contributed by atoms with Crippen LogP contribution in [0.25, 0.3) is 0 Å². The molecule has 0 fully saturated rings. The quantitative estimate of drug-likeness (QED) is 0.830. The third-order valence-electron chi connectivity index (χ3n) is 2.45. The predicted molar refractivity (Wildman–Crippen MR) is 65.6 cm³/mol. The lowest BCUT2D eigenvalue weighted by molar-refractivity contribution is -0.112. The topological polar surface area (TPSA) is 72.0 Å². The lowest BCUT2D eigenvalue weighted by atomic mass is 10.1. The molecule has 0 spiro atoms. The summed E-state index contributed by atoms with van der Waals surface area (Å²) in [6.45, 7) is 0. The van der Waals surface area contributed by atoms with Crippen molar-refractivity contribution >= 4 is 29.1 Å². The van der Waals surface area contributed by atoms with Crippen LogP contribution >= 0.6 is 11.8 Å². The number of amides is 1. The number of benzene rings is 1. The van der Waals surface area contributed by atoms with Crippen molar-refractivity contribution in [2.24, 2.45) is 0 Å². The van der Waals surface area contributed by atoms with Gasteiger partial charge in [-0.1, -0.05) is 11.8 Å². The van der Waals surface area contributed by atoms with Crippen molar-refractivity contribution in [2.75, 3.05) is 5.32 Å². The molecule has 1 aromatic heterocycles. The maximum absolute atomic E-state index is 11.4. The summed E-state index contributed by atoms with van der Waals surface area (Å²) in [6.07, 6.45) is 4.87. The molecule has 3 rings (SSSR count). The SMILES string of the molecule is O=C1Nc2cc(Sc3cnccn3)ccc2C1=O. The van der Waals surface area contributed by atoms with Crippen LogP contribution in [-0.4, -0.2) is 21.7 Å². The molecule has 0 atom stereocenters. The lowest BCUT2D eigenvalue weighted by Gasteiger charge is -2.02. The summed E-state index contributed by atoms with van der Waals surface area (Å²) in [5, 5.41) is 3.29. The van der Waals surface area contributed by atoms with Crippen molar-refractivity contribution in [1.29, 1.82) is 0 Å². The van der Waals surface area contributed by atoms with Gasteiger partial charge in [0.05, 0.1) is 17.4 Å². The van der Waals surface area contributed by atoms with E-state index in [4.69, 9.17) is 0 Å². The van der Waals surface area contributed by atoms with Crippen LogP contribution in [-0.2, 0) is 4.79 Å². The molecule has 1 aromatic carbocycles. The number of hydrogen-bond acceptors (Lipinski definition) is 5. The van der Waals surface area contributed by atoms with Crippen molar-refractivity contribution in [1.82, 2.24) is 9.97 Å². The summed E-state index contributed by atoms with van der Waals surface area (Å²) in [5.74, 6) is -1.06. The normalized spacial score (nSPS) is 13.3. The molecule has 1 aliphatic heterocycles. The molecule has 1 aliphatic rings. The Hall–Kier alpha value is -2.21. The second-order valence-corrected chi connectivity index (χ2v) is 4.73. The fraction of sp³-hybridized carbons (Fsp3) is 0. The second-order valence-electron chi connectivity index (χ2n) is 3.64. The molecule has 0 bridgehead atoms. The molecule has 1 amide bonds. The Bertz CT molecular complexity index is 643. The predicted octanol–water partition coefficient (Wildman–Crippen LogP) is 1.76. The summed E-state index contributed by atoms with van der Waals surface area (Å²) in [4.78, 5) is 31.6. The number of carbonyl (C=O) groups excluding carboxylic acids is 2. The first-order valence-electron chi connectivity index (χ1n) is 5.17. The molecule has 0 saturated carbocycles. The van der Waals surface area contributed by atoms with Gasteiger partial charge in [-0.2, -0.15) is 0 Å². The Labute approximate surface area is 107 Å². The molecule has 5 nitrogen and oxygen atoms in total. The minimum Gasteiger partial charge on any atom is -0.318 e. The van der Waals surface area contributed by atoms with Crippen LogP contribution in [0.15, 0.2) is 46.7 Å². The van der Waals surface area contributed by atoms with Crippen LogP contribution in [0, 0.1) is 0 Å². The van der Waals surface area contributed by atoms with E-state index in [0.717, 1.165) is 9.92 Å². The molecule has 0 unspecified atom stereocenters. The molecule has 1 N–H and O–H groups in total. The van der Waals surface area contributed by atoms with Crippen molar-refractivity contribution in [3.63, 3.8) is 0 Å². The van der Waals surface area contributed by atoms with Crippen molar-refractivity contribution < 1.29 is 9.59 Å². The van der Waals surface area contributed by atoms with Crippen LogP contribution in [0.1, 0.15) is 10.4 Å². The van der Waals surface area contributed by atoms with Crippen molar-refractivity contribution in [3.05, 3.63) is 42.4 Å². The zero-order valence-electron chi connectivity index (χ0n) is 9.08. The number of nitrogens with zero attached hydrogens (tertiary/aromatic N) is 2. The number of carbonyl (C=O) groups is 2. The highest BCUT2D eigenvalue weighted by molar-refractivity contribution is 7.99. The van der Waals surface area contributed by atoms with E-state index in [9.17, 15) is 9.59 Å². The highest BCUT2D eigenvalue weighted by Gasteiger charge is 2.27. The van der Waals surface area contributed by atoms with E-state index in [1.807, 2.05) is 0 Å². The zero-order chi connectivity index (χ0) is 12.5. The van der Waals surface area contributed by atoms with Gasteiger partial charge in [0.25, 0.3) is 11.7 Å². The van der Waals surface area contributed by atoms with Crippen LogP contribution in [0.5, 0.6) is 0 Å². The summed E-state index contributed by atoms with van der Waals surface area (Å²) in [6, 6.07) is 5.20. The Kier molecular flexibility index (Phi) is 2.56. The number of aromatic nitrogens is 2. The number of fused-ring (bicyclic) bond motifs is 1. The van der Waals surface area contributed by atoms with E-state index in [-0.39, 0.29) is 0 Å². The van der Waals surface area contributed by atoms with Gasteiger partial charge in [-0.15, -0.1) is 0 Å². The van der Waals surface area contributed by atoms with E-state index in [1.54, 1.807) is 36.8 Å². The molecule has 6 heteroatoms. The van der Waals surface area contributed by atoms with E-state index in [2.05, 4.69) is 15.3 Å². The van der Waals surface area contributed by atoms with Gasteiger partial charge in [-0.25, -0.2) is 4.98 Å². The fourth-order valence-electron chi connectivity index (χ4n) is 1.65. The Balaban J connectivity index is 1.91. The van der Waals surface area contributed by atoms with Gasteiger partial charge in [-0.3, -0.25) is 14.6 Å². The molecular formula is C12H7N3O2S. The van der Waals surface area contributed by atoms with Crippen LogP contribution in [0.3, 0.4) is 0 Å². The first kappa shape index (κ1) is 10.9. The standard InChI is InChI=1S/C12H7N3O2S/c16-11-8-2-1-7(5-9(8)15-12(11)17)18-10-6-13-3-4-14-10/h1-6H,(H,15,16,17). The van der Waals surface area contributed by atoms with Crippen molar-refractivity contribution in [3.8, 4) is 0 Å². The van der Waals surface area contributed by atoms with Crippen molar-refractivity contribution in [2.45, 2.75) is 9.92 Å². The molecule has 2 heterocycles. The highest BCUT2D eigenvalue weighted by Crippen LogP contribution is 2.31. The summed E-state index contributed by atoms with van der Waals surface area (Å²) in [5.41, 5.74) is 0.974. The van der Waals surface area contributed by atoms with Crippen LogP contribution in [0.4, 0.5) is 5.69 Å². The smallest absolute Gasteiger partial charge is 0.296 e.